The minimum absolute atomic E-state index is 0.0664. The molecule has 5 heteroatoms. The molecule has 1 heterocycles. The minimum Gasteiger partial charge on any atom is -0.484 e. The molecule has 30 heavy (non-hydrogen) atoms. The predicted molar refractivity (Wildman–Crippen MR) is 118 cm³/mol. The van der Waals surface area contributed by atoms with Gasteiger partial charge in [-0.15, -0.1) is 0 Å². The van der Waals surface area contributed by atoms with Gasteiger partial charge in [-0.05, 0) is 41.8 Å². The Bertz CT molecular complexity index is 1340. The Morgan fingerprint density at radius 1 is 0.900 bits per heavy atom. The molecule has 0 fully saturated rings. The number of hydrogen-bond acceptors (Lipinski definition) is 4. The third-order valence-corrected chi connectivity index (χ3v) is 4.79. The van der Waals surface area contributed by atoms with Crippen molar-refractivity contribution >= 4 is 33.5 Å². The molecular weight excluding hydrogens is 376 g/mol. The Hall–Kier alpha value is -4.12. The van der Waals surface area contributed by atoms with Gasteiger partial charge in [-0.25, -0.2) is 4.98 Å². The Labute approximate surface area is 172 Å². The van der Waals surface area contributed by atoms with Crippen molar-refractivity contribution in [1.82, 2.24) is 4.98 Å². The van der Waals surface area contributed by atoms with Crippen LogP contribution in [0.25, 0.3) is 33.3 Å². The number of benzene rings is 4. The van der Waals surface area contributed by atoms with E-state index >= 15 is 0 Å². The van der Waals surface area contributed by atoms with Gasteiger partial charge in [0.05, 0.1) is 0 Å². The van der Waals surface area contributed by atoms with Crippen LogP contribution in [0.2, 0.25) is 0 Å². The van der Waals surface area contributed by atoms with Crippen LogP contribution < -0.4 is 10.1 Å². The third kappa shape index (κ3) is 3.61. The van der Waals surface area contributed by atoms with E-state index in [-0.39, 0.29) is 12.5 Å². The van der Waals surface area contributed by atoms with Crippen LogP contribution in [-0.2, 0) is 4.79 Å². The van der Waals surface area contributed by atoms with Gasteiger partial charge < -0.3 is 14.5 Å². The number of ether oxygens (including phenoxy) is 1. The summed E-state index contributed by atoms with van der Waals surface area (Å²) >= 11 is 0. The molecule has 5 nitrogen and oxygen atoms in total. The van der Waals surface area contributed by atoms with E-state index in [9.17, 15) is 4.79 Å². The number of carbonyl (C=O) groups excluding carboxylic acids is 1. The van der Waals surface area contributed by atoms with Crippen molar-refractivity contribution in [2.24, 2.45) is 0 Å². The lowest BCUT2D eigenvalue weighted by molar-refractivity contribution is -0.118. The number of amides is 1. The SMILES string of the molecule is O=C(COc1ccccc1)Nc1cccc(-c2nc3c(ccc4ccccc43)o2)c1. The van der Waals surface area contributed by atoms with Crippen molar-refractivity contribution < 1.29 is 13.9 Å². The highest BCUT2D eigenvalue weighted by Gasteiger charge is 2.12. The van der Waals surface area contributed by atoms with Crippen LogP contribution in [0, 0.1) is 0 Å². The highest BCUT2D eigenvalue weighted by molar-refractivity contribution is 6.04. The second-order valence-corrected chi connectivity index (χ2v) is 6.88. The summed E-state index contributed by atoms with van der Waals surface area (Å²) in [5, 5.41) is 5.02. The van der Waals surface area contributed by atoms with Gasteiger partial charge in [0.1, 0.15) is 11.3 Å². The molecule has 0 spiro atoms. The molecule has 1 aromatic heterocycles. The standard InChI is InChI=1S/C25H18N2O3/c28-23(16-29-20-10-2-1-3-11-20)26-19-9-6-8-18(15-19)25-27-24-21-12-5-4-7-17(21)13-14-22(24)30-25/h1-15H,16H2,(H,26,28). The second kappa shape index (κ2) is 7.72. The van der Waals surface area contributed by atoms with Crippen LogP contribution in [-0.4, -0.2) is 17.5 Å². The largest absolute Gasteiger partial charge is 0.484 e. The first-order valence-corrected chi connectivity index (χ1v) is 9.63. The number of hydrogen-bond donors (Lipinski definition) is 1. The Kier molecular flexibility index (Phi) is 4.62. The van der Waals surface area contributed by atoms with Gasteiger partial charge in [0.25, 0.3) is 5.91 Å². The maximum atomic E-state index is 12.2. The minimum atomic E-state index is -0.237. The molecule has 0 aliphatic rings. The summed E-state index contributed by atoms with van der Waals surface area (Å²) in [7, 11) is 0. The third-order valence-electron chi connectivity index (χ3n) is 4.79. The quantitative estimate of drug-likeness (QED) is 0.417. The van der Waals surface area contributed by atoms with Crippen LogP contribution in [0.3, 0.4) is 0 Å². The van der Waals surface area contributed by atoms with Crippen LogP contribution in [0.5, 0.6) is 5.75 Å². The number of fused-ring (bicyclic) bond motifs is 3. The summed E-state index contributed by atoms with van der Waals surface area (Å²) in [6.07, 6.45) is 0. The van der Waals surface area contributed by atoms with E-state index in [1.54, 1.807) is 0 Å². The Morgan fingerprint density at radius 3 is 2.63 bits per heavy atom. The van der Waals surface area contributed by atoms with Crippen molar-refractivity contribution in [2.75, 3.05) is 11.9 Å². The van der Waals surface area contributed by atoms with Gasteiger partial charge >= 0.3 is 0 Å². The fraction of sp³-hybridized carbons (Fsp3) is 0.0400. The van der Waals surface area contributed by atoms with Crippen molar-refractivity contribution in [3.05, 3.63) is 91.0 Å². The number of para-hydroxylation sites is 1. The maximum Gasteiger partial charge on any atom is 0.262 e. The average molecular weight is 394 g/mol. The summed E-state index contributed by atoms with van der Waals surface area (Å²) in [5.74, 6) is 0.928. The van der Waals surface area contributed by atoms with E-state index in [2.05, 4.69) is 11.4 Å². The molecule has 0 aliphatic heterocycles. The first kappa shape index (κ1) is 17.9. The fourth-order valence-electron chi connectivity index (χ4n) is 3.38. The fourth-order valence-corrected chi connectivity index (χ4v) is 3.38. The molecule has 0 radical (unpaired) electrons. The molecule has 5 aromatic rings. The van der Waals surface area contributed by atoms with Gasteiger partial charge in [0.2, 0.25) is 5.89 Å². The number of anilines is 1. The molecule has 0 saturated carbocycles. The highest BCUT2D eigenvalue weighted by Crippen LogP contribution is 2.30. The zero-order valence-corrected chi connectivity index (χ0v) is 16.0. The molecule has 0 bridgehead atoms. The van der Waals surface area contributed by atoms with Crippen LogP contribution in [0.15, 0.2) is 95.4 Å². The van der Waals surface area contributed by atoms with Gasteiger partial charge in [0.15, 0.2) is 12.2 Å². The van der Waals surface area contributed by atoms with Crippen molar-refractivity contribution in [3.63, 3.8) is 0 Å². The molecule has 0 aliphatic carbocycles. The zero-order chi connectivity index (χ0) is 20.3. The summed E-state index contributed by atoms with van der Waals surface area (Å²) in [4.78, 5) is 16.9. The summed E-state index contributed by atoms with van der Waals surface area (Å²) in [6, 6.07) is 28.7. The molecule has 5 rings (SSSR count). The van der Waals surface area contributed by atoms with E-state index in [0.29, 0.717) is 17.3 Å². The van der Waals surface area contributed by atoms with Crippen molar-refractivity contribution in [2.45, 2.75) is 0 Å². The van der Waals surface area contributed by atoms with Crippen LogP contribution >= 0.6 is 0 Å². The van der Waals surface area contributed by atoms with Crippen molar-refractivity contribution in [1.29, 1.82) is 0 Å². The van der Waals surface area contributed by atoms with Gasteiger partial charge in [-0.3, -0.25) is 4.79 Å². The molecule has 0 unspecified atom stereocenters. The number of rotatable bonds is 5. The molecule has 0 atom stereocenters. The first-order valence-electron chi connectivity index (χ1n) is 9.63. The maximum absolute atomic E-state index is 12.2. The van der Waals surface area contributed by atoms with Crippen molar-refractivity contribution in [3.8, 4) is 17.2 Å². The number of aromatic nitrogens is 1. The molecule has 1 amide bonds. The topological polar surface area (TPSA) is 64.4 Å². The Morgan fingerprint density at radius 2 is 1.73 bits per heavy atom. The zero-order valence-electron chi connectivity index (χ0n) is 16.0. The van der Waals surface area contributed by atoms with Gasteiger partial charge in [-0.2, -0.15) is 0 Å². The number of oxazole rings is 1. The molecule has 0 saturated heterocycles. The molecule has 1 N–H and O–H groups in total. The summed E-state index contributed by atoms with van der Waals surface area (Å²) < 4.78 is 11.5. The van der Waals surface area contributed by atoms with E-state index in [4.69, 9.17) is 14.1 Å². The lowest BCUT2D eigenvalue weighted by atomic mass is 10.1. The summed E-state index contributed by atoms with van der Waals surface area (Å²) in [6.45, 7) is -0.0664. The number of carbonyl (C=O) groups is 1. The monoisotopic (exact) mass is 394 g/mol. The smallest absolute Gasteiger partial charge is 0.262 e. The Balaban J connectivity index is 1.37. The lowest BCUT2D eigenvalue weighted by Gasteiger charge is -2.08. The van der Waals surface area contributed by atoms with E-state index < -0.39 is 0 Å². The lowest BCUT2D eigenvalue weighted by Crippen LogP contribution is -2.20. The van der Waals surface area contributed by atoms with E-state index in [1.165, 1.54) is 0 Å². The normalized spacial score (nSPS) is 10.9. The predicted octanol–water partition coefficient (Wildman–Crippen LogP) is 5.67. The van der Waals surface area contributed by atoms with Crippen LogP contribution in [0.1, 0.15) is 0 Å². The second-order valence-electron chi connectivity index (χ2n) is 6.88. The number of nitrogens with one attached hydrogen (secondary N) is 1. The molecule has 146 valence electrons. The molecular formula is C25H18N2O3. The van der Waals surface area contributed by atoms with Crippen LogP contribution in [0.4, 0.5) is 5.69 Å². The van der Waals surface area contributed by atoms with Gasteiger partial charge in [-0.1, -0.05) is 54.6 Å². The van der Waals surface area contributed by atoms with E-state index in [0.717, 1.165) is 27.4 Å². The summed E-state index contributed by atoms with van der Waals surface area (Å²) in [5.41, 5.74) is 3.00. The first-order chi connectivity index (χ1) is 14.8. The highest BCUT2D eigenvalue weighted by atomic mass is 16.5. The number of nitrogens with zero attached hydrogens (tertiary/aromatic N) is 1. The van der Waals surface area contributed by atoms with Gasteiger partial charge in [0, 0.05) is 16.6 Å². The average Bonchev–Trinajstić information content (AvgIpc) is 3.24. The van der Waals surface area contributed by atoms with E-state index in [1.807, 2.05) is 84.9 Å². The molecule has 4 aromatic carbocycles.